The van der Waals surface area contributed by atoms with Crippen molar-refractivity contribution < 1.29 is 19.4 Å². The highest BCUT2D eigenvalue weighted by Crippen LogP contribution is 2.28. The first-order valence-electron chi connectivity index (χ1n) is 4.08. The van der Waals surface area contributed by atoms with Crippen molar-refractivity contribution in [1.82, 2.24) is 0 Å². The second-order valence-electron chi connectivity index (χ2n) is 3.51. The fraction of sp³-hybridized carbons (Fsp3) is 0.300. The molecule has 1 aromatic carbocycles. The Hall–Kier alpha value is -1.58. The van der Waals surface area contributed by atoms with Gasteiger partial charge in [0.1, 0.15) is 17.0 Å². The largest absolute Gasteiger partial charge is 0.507 e. The lowest BCUT2D eigenvalue weighted by Crippen LogP contribution is -2.10. The molecule has 1 aromatic rings. The highest BCUT2D eigenvalue weighted by atomic mass is 19.1. The molecule has 3 nitrogen and oxygen atoms in total. The highest BCUT2D eigenvalue weighted by molar-refractivity contribution is 5.91. The smallest absolute Gasteiger partial charge is 0.339 e. The maximum absolute atomic E-state index is 13.4. The summed E-state index contributed by atoms with van der Waals surface area (Å²) in [6.45, 7) is 2.65. The molecule has 0 heterocycles. The van der Waals surface area contributed by atoms with Crippen LogP contribution < -0.4 is 0 Å². The first-order valence-corrected chi connectivity index (χ1v) is 4.08. The molecule has 76 valence electrons. The van der Waals surface area contributed by atoms with Crippen molar-refractivity contribution in [1.29, 1.82) is 0 Å². The van der Waals surface area contributed by atoms with Crippen LogP contribution >= 0.6 is 0 Å². The monoisotopic (exact) mass is 198 g/mol. The average molecular weight is 198 g/mol. The molecule has 0 saturated heterocycles. The van der Waals surface area contributed by atoms with E-state index in [1.807, 2.05) is 0 Å². The van der Waals surface area contributed by atoms with E-state index in [4.69, 9.17) is 10.2 Å². The van der Waals surface area contributed by atoms with Gasteiger partial charge in [-0.15, -0.1) is 0 Å². The molecule has 0 spiro atoms. The molecule has 0 aliphatic rings. The highest BCUT2D eigenvalue weighted by Gasteiger charge is 2.21. The second kappa shape index (κ2) is 3.29. The molecule has 0 fully saturated rings. The van der Waals surface area contributed by atoms with Gasteiger partial charge in [-0.2, -0.15) is 0 Å². The SMILES string of the molecule is CC(C)(F)c1ccc(O)c(C(=O)O)c1. The minimum absolute atomic E-state index is 0.229. The number of carboxylic acid groups (broad SMARTS) is 1. The van der Waals surface area contributed by atoms with Crippen LogP contribution in [0, 0.1) is 0 Å². The first-order chi connectivity index (χ1) is 6.32. The zero-order valence-corrected chi connectivity index (χ0v) is 7.91. The van der Waals surface area contributed by atoms with Crippen LogP contribution in [0.15, 0.2) is 18.2 Å². The predicted octanol–water partition coefficient (Wildman–Crippen LogP) is 2.29. The Morgan fingerprint density at radius 1 is 1.43 bits per heavy atom. The van der Waals surface area contributed by atoms with E-state index in [0.717, 1.165) is 6.07 Å². The van der Waals surface area contributed by atoms with Gasteiger partial charge in [-0.1, -0.05) is 6.07 Å². The van der Waals surface area contributed by atoms with Crippen LogP contribution in [0.2, 0.25) is 0 Å². The summed E-state index contributed by atoms with van der Waals surface area (Å²) in [7, 11) is 0. The Morgan fingerprint density at radius 2 is 2.00 bits per heavy atom. The van der Waals surface area contributed by atoms with Gasteiger partial charge in [0.2, 0.25) is 0 Å². The molecule has 0 bridgehead atoms. The van der Waals surface area contributed by atoms with Crippen LogP contribution in [-0.2, 0) is 5.67 Å². The Bertz CT molecular complexity index is 366. The molecule has 0 radical (unpaired) electrons. The maximum atomic E-state index is 13.4. The fourth-order valence-corrected chi connectivity index (χ4v) is 1.08. The molecule has 0 unspecified atom stereocenters. The summed E-state index contributed by atoms with van der Waals surface area (Å²) in [4.78, 5) is 10.6. The van der Waals surface area contributed by atoms with E-state index in [2.05, 4.69) is 0 Å². The average Bonchev–Trinajstić information content (AvgIpc) is 2.02. The van der Waals surface area contributed by atoms with E-state index in [9.17, 15) is 9.18 Å². The van der Waals surface area contributed by atoms with Gasteiger partial charge >= 0.3 is 5.97 Å². The first kappa shape index (κ1) is 10.5. The van der Waals surface area contributed by atoms with Crippen molar-refractivity contribution in [3.63, 3.8) is 0 Å². The van der Waals surface area contributed by atoms with E-state index >= 15 is 0 Å². The maximum Gasteiger partial charge on any atom is 0.339 e. The lowest BCUT2D eigenvalue weighted by molar-refractivity contribution is 0.0693. The van der Waals surface area contributed by atoms with E-state index in [0.29, 0.717) is 0 Å². The van der Waals surface area contributed by atoms with Crippen molar-refractivity contribution in [2.45, 2.75) is 19.5 Å². The van der Waals surface area contributed by atoms with Crippen molar-refractivity contribution in [3.05, 3.63) is 29.3 Å². The minimum Gasteiger partial charge on any atom is -0.507 e. The second-order valence-corrected chi connectivity index (χ2v) is 3.51. The lowest BCUT2D eigenvalue weighted by Gasteiger charge is -2.15. The van der Waals surface area contributed by atoms with Crippen molar-refractivity contribution in [3.8, 4) is 5.75 Å². The molecule has 14 heavy (non-hydrogen) atoms. The van der Waals surface area contributed by atoms with Gasteiger partial charge in [0, 0.05) is 0 Å². The fourth-order valence-electron chi connectivity index (χ4n) is 1.08. The molecule has 0 aliphatic heterocycles. The molecular formula is C10H11FO3. The molecular weight excluding hydrogens is 187 g/mol. The minimum atomic E-state index is -1.61. The number of halogens is 1. The summed E-state index contributed by atoms with van der Waals surface area (Å²) in [5.74, 6) is -1.63. The Morgan fingerprint density at radius 3 is 2.43 bits per heavy atom. The van der Waals surface area contributed by atoms with E-state index in [1.165, 1.54) is 26.0 Å². The summed E-state index contributed by atoms with van der Waals surface area (Å²) in [5, 5.41) is 17.8. The molecule has 1 rings (SSSR count). The zero-order chi connectivity index (χ0) is 10.9. The van der Waals surface area contributed by atoms with Gasteiger partial charge < -0.3 is 10.2 Å². The van der Waals surface area contributed by atoms with Crippen molar-refractivity contribution in [2.24, 2.45) is 0 Å². The topological polar surface area (TPSA) is 57.5 Å². The van der Waals surface area contributed by atoms with E-state index in [1.54, 1.807) is 0 Å². The standard InChI is InChI=1S/C10H11FO3/c1-10(2,11)6-3-4-8(12)7(5-6)9(13)14/h3-5,12H,1-2H3,(H,13,14). The summed E-state index contributed by atoms with van der Waals surface area (Å²) >= 11 is 0. The van der Waals surface area contributed by atoms with E-state index < -0.39 is 11.6 Å². The van der Waals surface area contributed by atoms with E-state index in [-0.39, 0.29) is 16.9 Å². The summed E-state index contributed by atoms with van der Waals surface area (Å²) in [6, 6.07) is 3.68. The number of hydrogen-bond donors (Lipinski definition) is 2. The number of phenols is 1. The van der Waals surface area contributed by atoms with Gasteiger partial charge in [0.05, 0.1) is 0 Å². The zero-order valence-electron chi connectivity index (χ0n) is 7.91. The summed E-state index contributed by atoms with van der Waals surface area (Å²) in [5.41, 5.74) is -1.67. The number of carboxylic acids is 1. The Kier molecular flexibility index (Phi) is 2.47. The Labute approximate surface area is 80.8 Å². The molecule has 0 aromatic heterocycles. The van der Waals surface area contributed by atoms with Gasteiger partial charge in [-0.05, 0) is 31.5 Å². The van der Waals surface area contributed by atoms with Gasteiger partial charge in [0.25, 0.3) is 0 Å². The quantitative estimate of drug-likeness (QED) is 0.766. The molecule has 0 saturated carbocycles. The van der Waals surface area contributed by atoms with Gasteiger partial charge in [0.15, 0.2) is 0 Å². The van der Waals surface area contributed by atoms with Crippen LogP contribution in [0.3, 0.4) is 0 Å². The Balaban J connectivity index is 3.27. The predicted molar refractivity (Wildman–Crippen MR) is 49.2 cm³/mol. The number of aromatic carboxylic acids is 1. The number of benzene rings is 1. The summed E-state index contributed by atoms with van der Waals surface area (Å²) < 4.78 is 13.4. The number of hydrogen-bond acceptors (Lipinski definition) is 2. The molecule has 0 amide bonds. The van der Waals surface area contributed by atoms with Crippen molar-refractivity contribution >= 4 is 5.97 Å². The molecule has 0 atom stereocenters. The van der Waals surface area contributed by atoms with Crippen LogP contribution in [0.4, 0.5) is 4.39 Å². The van der Waals surface area contributed by atoms with Gasteiger partial charge in [-0.3, -0.25) is 0 Å². The number of alkyl halides is 1. The molecule has 4 heteroatoms. The number of carbonyl (C=O) groups is 1. The number of rotatable bonds is 2. The lowest BCUT2D eigenvalue weighted by atomic mass is 9.98. The van der Waals surface area contributed by atoms with Crippen LogP contribution in [-0.4, -0.2) is 16.2 Å². The van der Waals surface area contributed by atoms with Crippen molar-refractivity contribution in [2.75, 3.05) is 0 Å². The third-order valence-electron chi connectivity index (χ3n) is 1.91. The van der Waals surface area contributed by atoms with Gasteiger partial charge in [-0.25, -0.2) is 9.18 Å². The third kappa shape index (κ3) is 2.02. The van der Waals surface area contributed by atoms with Crippen LogP contribution in [0.5, 0.6) is 5.75 Å². The molecule has 2 N–H and O–H groups in total. The molecule has 0 aliphatic carbocycles. The third-order valence-corrected chi connectivity index (χ3v) is 1.91. The summed E-state index contributed by atoms with van der Waals surface area (Å²) in [6.07, 6.45) is 0. The van der Waals surface area contributed by atoms with Crippen LogP contribution in [0.25, 0.3) is 0 Å². The number of aromatic hydroxyl groups is 1. The normalized spacial score (nSPS) is 11.4. The van der Waals surface area contributed by atoms with Crippen LogP contribution in [0.1, 0.15) is 29.8 Å².